The van der Waals surface area contributed by atoms with Gasteiger partial charge in [0.2, 0.25) is 5.91 Å². The minimum absolute atomic E-state index is 0.469. The lowest BCUT2D eigenvalue weighted by molar-refractivity contribution is -0.118. The standard InChI is InChI=1S/C13H13F2N5O/c14-13(15)5-10(16-6-13)12(21)19-9-3-1-2-8(4-9)11-17-7-18-20-11/h1-4,7,10,16H,5-6H2,(H,19,21)(H,17,18,20). The van der Waals surface area contributed by atoms with Crippen LogP contribution in [0.25, 0.3) is 11.4 Å². The Kier molecular flexibility index (Phi) is 3.38. The summed E-state index contributed by atoms with van der Waals surface area (Å²) in [5, 5.41) is 11.6. The maximum absolute atomic E-state index is 13.1. The average Bonchev–Trinajstić information content (AvgIpc) is 3.08. The first-order valence-corrected chi connectivity index (χ1v) is 6.41. The fourth-order valence-corrected chi connectivity index (χ4v) is 2.22. The number of benzene rings is 1. The third-order valence-electron chi connectivity index (χ3n) is 3.24. The number of hydrogen-bond donors (Lipinski definition) is 3. The maximum Gasteiger partial charge on any atom is 0.262 e. The Morgan fingerprint density at radius 3 is 2.95 bits per heavy atom. The summed E-state index contributed by atoms with van der Waals surface area (Å²) in [6.45, 7) is -0.469. The molecule has 0 aliphatic carbocycles. The third kappa shape index (κ3) is 3.05. The van der Waals surface area contributed by atoms with Crippen molar-refractivity contribution >= 4 is 11.6 Å². The molecule has 3 N–H and O–H groups in total. The van der Waals surface area contributed by atoms with Gasteiger partial charge in [-0.2, -0.15) is 5.10 Å². The number of aromatic nitrogens is 3. The molecule has 2 heterocycles. The molecule has 1 atom stereocenters. The fraction of sp³-hybridized carbons (Fsp3) is 0.308. The quantitative estimate of drug-likeness (QED) is 0.799. The molecule has 1 unspecified atom stereocenters. The predicted octanol–water partition coefficient (Wildman–Crippen LogP) is 1.41. The molecule has 8 heteroatoms. The molecule has 0 spiro atoms. The van der Waals surface area contributed by atoms with E-state index < -0.39 is 30.8 Å². The van der Waals surface area contributed by atoms with E-state index in [4.69, 9.17) is 0 Å². The van der Waals surface area contributed by atoms with Gasteiger partial charge in [-0.15, -0.1) is 0 Å². The fourth-order valence-electron chi connectivity index (χ4n) is 2.22. The van der Waals surface area contributed by atoms with Gasteiger partial charge in [0.25, 0.3) is 5.92 Å². The van der Waals surface area contributed by atoms with Gasteiger partial charge in [-0.05, 0) is 12.1 Å². The summed E-state index contributed by atoms with van der Waals surface area (Å²) in [4.78, 5) is 16.0. The Balaban J connectivity index is 1.71. The van der Waals surface area contributed by atoms with Crippen LogP contribution in [0, 0.1) is 0 Å². The Morgan fingerprint density at radius 2 is 2.29 bits per heavy atom. The molecule has 2 aromatic rings. The Bertz CT molecular complexity index is 644. The summed E-state index contributed by atoms with van der Waals surface area (Å²) in [6, 6.07) is 6.05. The van der Waals surface area contributed by atoms with Gasteiger partial charge in [0.05, 0.1) is 12.6 Å². The number of hydrogen-bond acceptors (Lipinski definition) is 4. The molecule has 1 aromatic heterocycles. The second-order valence-electron chi connectivity index (χ2n) is 4.90. The van der Waals surface area contributed by atoms with Gasteiger partial charge in [0.1, 0.15) is 6.33 Å². The zero-order valence-corrected chi connectivity index (χ0v) is 10.9. The van der Waals surface area contributed by atoms with E-state index in [1.54, 1.807) is 24.3 Å². The summed E-state index contributed by atoms with van der Waals surface area (Å²) < 4.78 is 26.2. The molecule has 6 nitrogen and oxygen atoms in total. The Hall–Kier alpha value is -2.35. The zero-order valence-electron chi connectivity index (χ0n) is 10.9. The number of carbonyl (C=O) groups is 1. The van der Waals surface area contributed by atoms with E-state index in [2.05, 4.69) is 25.8 Å². The number of anilines is 1. The molecule has 1 saturated heterocycles. The van der Waals surface area contributed by atoms with Crippen molar-refractivity contribution in [3.63, 3.8) is 0 Å². The molecule has 1 amide bonds. The molecular weight excluding hydrogens is 280 g/mol. The first-order chi connectivity index (χ1) is 10.0. The van der Waals surface area contributed by atoms with Crippen molar-refractivity contribution in [1.82, 2.24) is 20.5 Å². The second-order valence-corrected chi connectivity index (χ2v) is 4.90. The maximum atomic E-state index is 13.1. The Morgan fingerprint density at radius 1 is 1.43 bits per heavy atom. The van der Waals surface area contributed by atoms with Crippen molar-refractivity contribution in [1.29, 1.82) is 0 Å². The van der Waals surface area contributed by atoms with Crippen LogP contribution in [0.3, 0.4) is 0 Å². The van der Waals surface area contributed by atoms with Crippen LogP contribution < -0.4 is 10.6 Å². The van der Waals surface area contributed by atoms with Gasteiger partial charge in [-0.25, -0.2) is 13.8 Å². The SMILES string of the molecule is O=C(Nc1cccc(-c2ncn[nH]2)c1)C1CC(F)(F)CN1. The first kappa shape index (κ1) is 13.6. The van der Waals surface area contributed by atoms with Gasteiger partial charge >= 0.3 is 0 Å². The number of carbonyl (C=O) groups excluding carboxylic acids is 1. The van der Waals surface area contributed by atoms with Crippen molar-refractivity contribution < 1.29 is 13.6 Å². The lowest BCUT2D eigenvalue weighted by Crippen LogP contribution is -2.35. The summed E-state index contributed by atoms with van der Waals surface area (Å²) in [5.41, 5.74) is 1.26. The van der Waals surface area contributed by atoms with Crippen LogP contribution in [0.4, 0.5) is 14.5 Å². The molecule has 1 aliphatic heterocycles. The van der Waals surface area contributed by atoms with Crippen LogP contribution in [0.2, 0.25) is 0 Å². The minimum atomic E-state index is -2.83. The highest BCUT2D eigenvalue weighted by molar-refractivity contribution is 5.95. The van der Waals surface area contributed by atoms with E-state index in [0.29, 0.717) is 11.5 Å². The highest BCUT2D eigenvalue weighted by Gasteiger charge is 2.42. The van der Waals surface area contributed by atoms with Gasteiger partial charge in [0, 0.05) is 17.7 Å². The molecule has 0 saturated carbocycles. The Labute approximate surface area is 119 Å². The van der Waals surface area contributed by atoms with Crippen molar-refractivity contribution in [2.45, 2.75) is 18.4 Å². The number of alkyl halides is 2. The average molecular weight is 293 g/mol. The van der Waals surface area contributed by atoms with Gasteiger partial charge in [0.15, 0.2) is 5.82 Å². The van der Waals surface area contributed by atoms with Crippen LogP contribution in [0.15, 0.2) is 30.6 Å². The predicted molar refractivity (Wildman–Crippen MR) is 71.8 cm³/mol. The summed E-state index contributed by atoms with van der Waals surface area (Å²) in [6.07, 6.45) is 0.895. The van der Waals surface area contributed by atoms with E-state index in [1.165, 1.54) is 6.33 Å². The molecule has 110 valence electrons. The number of nitrogens with one attached hydrogen (secondary N) is 3. The smallest absolute Gasteiger partial charge is 0.262 e. The van der Waals surface area contributed by atoms with E-state index in [1.807, 2.05) is 0 Å². The third-order valence-corrected chi connectivity index (χ3v) is 3.24. The number of H-pyrrole nitrogens is 1. The van der Waals surface area contributed by atoms with Crippen LogP contribution in [-0.4, -0.2) is 39.6 Å². The zero-order chi connectivity index (χ0) is 14.9. The topological polar surface area (TPSA) is 82.7 Å². The molecular formula is C13H13F2N5O. The molecule has 1 aromatic carbocycles. The lowest BCUT2D eigenvalue weighted by Gasteiger charge is -2.11. The van der Waals surface area contributed by atoms with Gasteiger partial charge in [-0.1, -0.05) is 12.1 Å². The van der Waals surface area contributed by atoms with E-state index >= 15 is 0 Å². The molecule has 1 aliphatic rings. The van der Waals surface area contributed by atoms with E-state index in [-0.39, 0.29) is 0 Å². The molecule has 0 bridgehead atoms. The van der Waals surface area contributed by atoms with Crippen LogP contribution in [0.5, 0.6) is 0 Å². The number of aromatic amines is 1. The minimum Gasteiger partial charge on any atom is -0.325 e. The van der Waals surface area contributed by atoms with Crippen molar-refractivity contribution in [3.8, 4) is 11.4 Å². The molecule has 21 heavy (non-hydrogen) atoms. The van der Waals surface area contributed by atoms with Crippen LogP contribution in [0.1, 0.15) is 6.42 Å². The lowest BCUT2D eigenvalue weighted by atomic mass is 10.1. The monoisotopic (exact) mass is 293 g/mol. The number of rotatable bonds is 3. The number of nitrogens with zero attached hydrogens (tertiary/aromatic N) is 2. The van der Waals surface area contributed by atoms with Gasteiger partial charge in [-0.3, -0.25) is 15.2 Å². The number of amides is 1. The van der Waals surface area contributed by atoms with Crippen molar-refractivity contribution in [3.05, 3.63) is 30.6 Å². The van der Waals surface area contributed by atoms with E-state index in [0.717, 1.165) is 5.56 Å². The largest absolute Gasteiger partial charge is 0.325 e. The number of halogens is 2. The van der Waals surface area contributed by atoms with Gasteiger partial charge < -0.3 is 5.32 Å². The highest BCUT2D eigenvalue weighted by atomic mass is 19.3. The summed E-state index contributed by atoms with van der Waals surface area (Å²) in [5.74, 6) is -2.73. The van der Waals surface area contributed by atoms with Crippen molar-refractivity contribution in [2.75, 3.05) is 11.9 Å². The second kappa shape index (κ2) is 5.21. The van der Waals surface area contributed by atoms with Crippen molar-refractivity contribution in [2.24, 2.45) is 0 Å². The van der Waals surface area contributed by atoms with E-state index in [9.17, 15) is 13.6 Å². The molecule has 1 fully saturated rings. The summed E-state index contributed by atoms with van der Waals surface area (Å²) >= 11 is 0. The normalized spacial score (nSPS) is 20.4. The summed E-state index contributed by atoms with van der Waals surface area (Å²) in [7, 11) is 0. The van der Waals surface area contributed by atoms with Crippen LogP contribution >= 0.6 is 0 Å². The molecule has 0 radical (unpaired) electrons. The molecule has 3 rings (SSSR count). The van der Waals surface area contributed by atoms with Crippen LogP contribution in [-0.2, 0) is 4.79 Å². The first-order valence-electron chi connectivity index (χ1n) is 6.41. The highest BCUT2D eigenvalue weighted by Crippen LogP contribution is 2.26.